The van der Waals surface area contributed by atoms with Gasteiger partial charge in [0, 0.05) is 58.6 Å². The molecule has 0 fully saturated rings. The van der Waals surface area contributed by atoms with Gasteiger partial charge in [0.05, 0.1) is 80.3 Å². The molecule has 3 aromatic carbocycles. The van der Waals surface area contributed by atoms with Crippen molar-refractivity contribution in [3.8, 4) is 28.2 Å². The van der Waals surface area contributed by atoms with E-state index in [0.29, 0.717) is 24.1 Å². The number of carbonyl (C=O) groups is 5. The normalized spacial score (nSPS) is 11.5. The maximum absolute atomic E-state index is 13.4. The van der Waals surface area contributed by atoms with Crippen molar-refractivity contribution in [1.29, 1.82) is 5.41 Å². The average molecular weight is 1040 g/mol. The van der Waals surface area contributed by atoms with Crippen LogP contribution in [-0.2, 0) is 47.3 Å². The summed E-state index contributed by atoms with van der Waals surface area (Å²) in [7, 11) is 0. The number of nitrogens with two attached hydrogens (primary N) is 1. The molecule has 3 aromatic rings. The standard InChI is InChI=1S/C43H46N8O19S2/c44-31-8-6-28-36(29-7-9-32(45)40(72-70-68-60)38(29)66-37(28)39(31)71-69-67-59)30-21-25(4-5-27(30)43(57)58)42(56)49-13-15-62-17-16-61-14-10-33(52)47-11-12-48-41(55)24-2-1-3-26(20-24)65-22-34(50-51-46)64-19-18-63-23-35(53)54/h1-9,20-21,34,44,59-60H,10-19,22-23,45H2,(H,47,52)(H,48,55)(H,49,56)(H,53,54)(H,57,58). The number of ether oxygens (including phenoxy) is 5. The van der Waals surface area contributed by atoms with E-state index in [9.17, 15) is 29.1 Å². The second kappa shape index (κ2) is 29.3. The van der Waals surface area contributed by atoms with E-state index >= 15 is 0 Å². The van der Waals surface area contributed by atoms with Crippen LogP contribution in [0.3, 0.4) is 0 Å². The molecule has 1 heterocycles. The maximum Gasteiger partial charge on any atom is 0.336 e. The molecule has 0 radical (unpaired) electrons. The Kier molecular flexibility index (Phi) is 22.7. The predicted octanol–water partition coefficient (Wildman–Crippen LogP) is 4.65. The fourth-order valence-electron chi connectivity index (χ4n) is 6.48. The first kappa shape index (κ1) is 55.8. The SMILES string of the molecule is [N-]=[N+]=NC(COc1cccc(C(=O)NCCNC(=O)CCOCCOCCNC(=O)c2ccc(C(=O)O)c(-c3c4ccc(=N)c(SOOO)c-4oc4c(SOOO)c(N)ccc34)c2)c1)OCCOCC(=O)O. The number of nitrogens with zero attached hydrogens (tertiary/aromatic N) is 3. The van der Waals surface area contributed by atoms with Gasteiger partial charge in [-0.15, -0.1) is 8.67 Å². The number of benzene rings is 4. The summed E-state index contributed by atoms with van der Waals surface area (Å²) in [5, 5.41) is 64.3. The predicted molar refractivity (Wildman–Crippen MR) is 250 cm³/mol. The summed E-state index contributed by atoms with van der Waals surface area (Å²) in [6.45, 7) is -0.0474. The molecule has 1 aliphatic carbocycles. The van der Waals surface area contributed by atoms with Crippen LogP contribution in [0.25, 0.3) is 43.9 Å². The molecule has 384 valence electrons. The Morgan fingerprint density at radius 2 is 1.47 bits per heavy atom. The fourth-order valence-corrected chi connectivity index (χ4v) is 7.46. The third-order valence-corrected chi connectivity index (χ3v) is 11.0. The minimum atomic E-state index is -1.33. The Morgan fingerprint density at radius 1 is 0.778 bits per heavy atom. The summed E-state index contributed by atoms with van der Waals surface area (Å²) in [6, 6.07) is 16.0. The number of hydrogen-bond donors (Lipinski definition) is 9. The van der Waals surface area contributed by atoms with Gasteiger partial charge in [-0.05, 0) is 71.8 Å². The first-order valence-electron chi connectivity index (χ1n) is 21.1. The van der Waals surface area contributed by atoms with Gasteiger partial charge < -0.3 is 60.0 Å². The third kappa shape index (κ3) is 16.5. The van der Waals surface area contributed by atoms with E-state index in [1.807, 2.05) is 0 Å². The van der Waals surface area contributed by atoms with Crippen molar-refractivity contribution in [2.75, 3.05) is 78.2 Å². The van der Waals surface area contributed by atoms with Gasteiger partial charge in [-0.3, -0.25) is 19.8 Å². The van der Waals surface area contributed by atoms with Gasteiger partial charge in [-0.25, -0.2) is 20.1 Å². The highest BCUT2D eigenvalue weighted by atomic mass is 32.2. The van der Waals surface area contributed by atoms with Gasteiger partial charge in [0.15, 0.2) is 17.6 Å². The zero-order chi connectivity index (χ0) is 51.8. The Balaban J connectivity index is 1.05. The average Bonchev–Trinajstić information content (AvgIpc) is 3.37. The minimum Gasteiger partial charge on any atom is -0.491 e. The molecule has 0 bridgehead atoms. The Hall–Kier alpha value is -7.09. The molecular weight excluding hydrogens is 997 g/mol. The second-order valence-corrected chi connectivity index (χ2v) is 15.7. The van der Waals surface area contributed by atoms with Gasteiger partial charge >= 0.3 is 11.9 Å². The van der Waals surface area contributed by atoms with Crippen molar-refractivity contribution >= 4 is 70.4 Å². The third-order valence-electron chi connectivity index (χ3n) is 9.62. The lowest BCUT2D eigenvalue weighted by atomic mass is 9.89. The summed E-state index contributed by atoms with van der Waals surface area (Å²) in [5.74, 6) is -3.53. The van der Waals surface area contributed by atoms with E-state index in [2.05, 4.69) is 44.7 Å². The zero-order valence-electron chi connectivity index (χ0n) is 37.6. The lowest BCUT2D eigenvalue weighted by Gasteiger charge is -2.20. The summed E-state index contributed by atoms with van der Waals surface area (Å²) in [5.41, 5.74) is 15.8. The monoisotopic (exact) mass is 1040 g/mol. The Morgan fingerprint density at radius 3 is 2.19 bits per heavy atom. The topological polar surface area (TPSA) is 397 Å². The zero-order valence-corrected chi connectivity index (χ0v) is 39.2. The van der Waals surface area contributed by atoms with Crippen LogP contribution < -0.4 is 31.8 Å². The van der Waals surface area contributed by atoms with Crippen LogP contribution in [0.15, 0.2) is 86.1 Å². The molecule has 1 atom stereocenters. The van der Waals surface area contributed by atoms with Crippen molar-refractivity contribution < 1.29 is 91.5 Å². The number of amides is 3. The summed E-state index contributed by atoms with van der Waals surface area (Å²) in [4.78, 5) is 64.4. The smallest absolute Gasteiger partial charge is 0.336 e. The van der Waals surface area contributed by atoms with E-state index in [1.165, 1.54) is 42.5 Å². The van der Waals surface area contributed by atoms with E-state index in [4.69, 9.17) is 60.4 Å². The molecule has 5 rings (SSSR count). The van der Waals surface area contributed by atoms with Crippen LogP contribution in [0.1, 0.15) is 37.5 Å². The number of anilines is 1. The van der Waals surface area contributed by atoms with Gasteiger partial charge in [-0.2, -0.15) is 0 Å². The van der Waals surface area contributed by atoms with Gasteiger partial charge in [0.25, 0.3) is 11.8 Å². The number of azide groups is 1. The summed E-state index contributed by atoms with van der Waals surface area (Å²) in [6.07, 6.45) is -1.01. The summed E-state index contributed by atoms with van der Waals surface area (Å²) >= 11 is 0.903. The van der Waals surface area contributed by atoms with Crippen LogP contribution >= 0.6 is 24.1 Å². The van der Waals surface area contributed by atoms with Crippen molar-refractivity contribution in [2.24, 2.45) is 5.11 Å². The largest absolute Gasteiger partial charge is 0.491 e. The first-order valence-corrected chi connectivity index (χ1v) is 22.6. The Bertz CT molecular complexity index is 2760. The molecule has 0 saturated heterocycles. The van der Waals surface area contributed by atoms with E-state index in [-0.39, 0.29) is 155 Å². The highest BCUT2D eigenvalue weighted by Gasteiger charge is 2.28. The number of rotatable bonds is 32. The number of hydrogen-bond acceptors (Lipinski definition) is 22. The van der Waals surface area contributed by atoms with Crippen molar-refractivity contribution in [3.05, 3.63) is 99.2 Å². The number of carboxylic acids is 2. The van der Waals surface area contributed by atoms with Crippen LogP contribution in [0.4, 0.5) is 5.69 Å². The molecule has 2 aliphatic rings. The minimum absolute atomic E-state index is 0.00136. The molecule has 0 aromatic heterocycles. The van der Waals surface area contributed by atoms with Gasteiger partial charge in [0.1, 0.15) is 28.8 Å². The fraction of sp³-hybridized carbons (Fsp3) is 0.302. The highest BCUT2D eigenvalue weighted by Crippen LogP contribution is 2.47. The van der Waals surface area contributed by atoms with Crippen molar-refractivity contribution in [3.63, 3.8) is 0 Å². The molecule has 29 heteroatoms. The number of carbonyl (C=O) groups excluding carboxylic acids is 3. The van der Waals surface area contributed by atoms with Crippen molar-refractivity contribution in [2.45, 2.75) is 22.4 Å². The van der Waals surface area contributed by atoms with Gasteiger partial charge in [-0.1, -0.05) is 21.3 Å². The molecule has 1 aliphatic heterocycles. The highest BCUT2D eigenvalue weighted by molar-refractivity contribution is 7.95. The molecule has 1 unspecified atom stereocenters. The summed E-state index contributed by atoms with van der Waals surface area (Å²) < 4.78 is 42.3. The molecule has 3 amide bonds. The maximum atomic E-state index is 13.4. The molecule has 72 heavy (non-hydrogen) atoms. The van der Waals surface area contributed by atoms with Crippen LogP contribution in [0.2, 0.25) is 0 Å². The number of fused-ring (bicyclic) bond motifs is 2. The number of aliphatic carboxylic acids is 1. The molecule has 0 spiro atoms. The molecule has 0 saturated carbocycles. The van der Waals surface area contributed by atoms with Crippen LogP contribution in [-0.4, -0.2) is 129 Å². The lowest BCUT2D eigenvalue weighted by Crippen LogP contribution is -2.35. The van der Waals surface area contributed by atoms with E-state index < -0.39 is 36.6 Å². The Labute approximate surface area is 415 Å². The van der Waals surface area contributed by atoms with Gasteiger partial charge in [0.2, 0.25) is 5.91 Å². The van der Waals surface area contributed by atoms with Crippen molar-refractivity contribution in [1.82, 2.24) is 16.0 Å². The van der Waals surface area contributed by atoms with E-state index in [1.54, 1.807) is 24.3 Å². The molecular formula is C43H46N8O19S2. The number of carboxylic acid groups (broad SMARTS) is 2. The van der Waals surface area contributed by atoms with Crippen LogP contribution in [0.5, 0.6) is 5.75 Å². The number of nitrogen functional groups attached to an aromatic ring is 1. The second-order valence-electron chi connectivity index (χ2n) is 14.3. The quantitative estimate of drug-likeness (QED) is 0.00325. The lowest BCUT2D eigenvalue weighted by molar-refractivity contribution is -0.432. The number of nitrogens with one attached hydrogen (secondary N) is 4. The first-order chi connectivity index (χ1) is 34.9. The molecule has 10 N–H and O–H groups in total. The number of aromatic carboxylic acids is 1. The van der Waals surface area contributed by atoms with Crippen LogP contribution in [0, 0.1) is 5.41 Å². The van der Waals surface area contributed by atoms with E-state index in [0.717, 1.165) is 0 Å². The molecule has 27 nitrogen and oxygen atoms in total.